The zero-order valence-corrected chi connectivity index (χ0v) is 13.2. The third-order valence-corrected chi connectivity index (χ3v) is 3.45. The molecular formula is C16H20N2O4. The van der Waals surface area contributed by atoms with E-state index in [1.165, 1.54) is 13.2 Å². The van der Waals surface area contributed by atoms with E-state index in [4.69, 9.17) is 9.15 Å². The molecule has 0 radical (unpaired) electrons. The van der Waals surface area contributed by atoms with Gasteiger partial charge in [0.25, 0.3) is 11.5 Å². The summed E-state index contributed by atoms with van der Waals surface area (Å²) in [6, 6.07) is 4.92. The molecule has 0 aliphatic heterocycles. The first-order chi connectivity index (χ1) is 10.4. The van der Waals surface area contributed by atoms with E-state index < -0.39 is 0 Å². The van der Waals surface area contributed by atoms with Gasteiger partial charge in [-0.15, -0.1) is 0 Å². The van der Waals surface area contributed by atoms with Crippen molar-refractivity contribution in [2.75, 3.05) is 13.7 Å². The maximum atomic E-state index is 12.1. The smallest absolute Gasteiger partial charge is 0.254 e. The first kappa shape index (κ1) is 15.9. The highest BCUT2D eigenvalue weighted by molar-refractivity contribution is 5.95. The predicted molar refractivity (Wildman–Crippen MR) is 82.5 cm³/mol. The highest BCUT2D eigenvalue weighted by Crippen LogP contribution is 2.13. The molecule has 1 N–H and O–H groups in total. The number of furan rings is 1. The standard InChI is InChI=1S/C16H20N2O4/c1-10-7-13(21-4)9-15(19)18(10)6-5-17-16(20)14-8-11(2)22-12(14)3/h7-9H,5-6H2,1-4H3,(H,17,20). The number of nitrogens with one attached hydrogen (secondary N) is 1. The van der Waals surface area contributed by atoms with Crippen molar-refractivity contribution >= 4 is 5.91 Å². The fraction of sp³-hybridized carbons (Fsp3) is 0.375. The lowest BCUT2D eigenvalue weighted by molar-refractivity contribution is 0.0950. The molecule has 0 saturated heterocycles. The van der Waals surface area contributed by atoms with Gasteiger partial charge in [0.15, 0.2) is 0 Å². The van der Waals surface area contributed by atoms with Crippen LogP contribution in [-0.2, 0) is 6.54 Å². The van der Waals surface area contributed by atoms with Crippen LogP contribution in [0.5, 0.6) is 5.75 Å². The Kier molecular flexibility index (Phi) is 4.70. The molecule has 6 heteroatoms. The predicted octanol–water partition coefficient (Wildman–Crippen LogP) is 1.81. The Bertz CT molecular complexity index is 743. The molecule has 0 bridgehead atoms. The highest BCUT2D eigenvalue weighted by atomic mass is 16.5. The number of amides is 1. The van der Waals surface area contributed by atoms with E-state index in [0.29, 0.717) is 35.9 Å². The van der Waals surface area contributed by atoms with Gasteiger partial charge in [0.2, 0.25) is 0 Å². The van der Waals surface area contributed by atoms with Crippen LogP contribution in [0, 0.1) is 20.8 Å². The van der Waals surface area contributed by atoms with Gasteiger partial charge in [0, 0.05) is 24.8 Å². The van der Waals surface area contributed by atoms with E-state index in [1.807, 2.05) is 6.92 Å². The van der Waals surface area contributed by atoms with E-state index in [1.54, 1.807) is 30.5 Å². The lowest BCUT2D eigenvalue weighted by Crippen LogP contribution is -2.31. The van der Waals surface area contributed by atoms with Crippen molar-refractivity contribution in [3.8, 4) is 5.75 Å². The molecule has 2 aromatic heterocycles. The Labute approximate surface area is 128 Å². The van der Waals surface area contributed by atoms with Gasteiger partial charge < -0.3 is 19.0 Å². The molecule has 0 aliphatic rings. The Hall–Kier alpha value is -2.50. The normalized spacial score (nSPS) is 10.5. The van der Waals surface area contributed by atoms with Crippen LogP contribution < -0.4 is 15.6 Å². The third-order valence-electron chi connectivity index (χ3n) is 3.45. The van der Waals surface area contributed by atoms with Crippen molar-refractivity contribution < 1.29 is 13.9 Å². The summed E-state index contributed by atoms with van der Waals surface area (Å²) in [5.41, 5.74) is 1.16. The van der Waals surface area contributed by atoms with Crippen molar-refractivity contribution in [1.82, 2.24) is 9.88 Å². The molecular weight excluding hydrogens is 284 g/mol. The number of aryl methyl sites for hydroxylation is 3. The van der Waals surface area contributed by atoms with Gasteiger partial charge >= 0.3 is 0 Å². The number of methoxy groups -OCH3 is 1. The number of carbonyl (C=O) groups is 1. The van der Waals surface area contributed by atoms with Crippen LogP contribution in [0.25, 0.3) is 0 Å². The average Bonchev–Trinajstić information content (AvgIpc) is 2.80. The third kappa shape index (κ3) is 3.39. The van der Waals surface area contributed by atoms with Gasteiger partial charge in [-0.25, -0.2) is 0 Å². The van der Waals surface area contributed by atoms with Gasteiger partial charge in [0.05, 0.1) is 12.7 Å². The first-order valence-corrected chi connectivity index (χ1v) is 7.03. The number of hydrogen-bond acceptors (Lipinski definition) is 4. The molecule has 0 unspecified atom stereocenters. The molecule has 0 spiro atoms. The number of hydrogen-bond donors (Lipinski definition) is 1. The Morgan fingerprint density at radius 2 is 2.00 bits per heavy atom. The summed E-state index contributed by atoms with van der Waals surface area (Å²) in [4.78, 5) is 24.0. The molecule has 118 valence electrons. The monoisotopic (exact) mass is 304 g/mol. The van der Waals surface area contributed by atoms with Gasteiger partial charge in [-0.3, -0.25) is 9.59 Å². The Balaban J connectivity index is 2.01. The maximum absolute atomic E-state index is 12.1. The molecule has 2 heterocycles. The second-order valence-electron chi connectivity index (χ2n) is 5.11. The van der Waals surface area contributed by atoms with Crippen molar-refractivity contribution in [3.05, 3.63) is 51.3 Å². The largest absolute Gasteiger partial charge is 0.496 e. The van der Waals surface area contributed by atoms with Crippen LogP contribution in [0.1, 0.15) is 27.6 Å². The molecule has 0 aliphatic carbocycles. The Morgan fingerprint density at radius 3 is 2.55 bits per heavy atom. The summed E-state index contributed by atoms with van der Waals surface area (Å²) < 4.78 is 12.0. The molecule has 2 aromatic rings. The summed E-state index contributed by atoms with van der Waals surface area (Å²) >= 11 is 0. The lowest BCUT2D eigenvalue weighted by Gasteiger charge is -2.11. The summed E-state index contributed by atoms with van der Waals surface area (Å²) in [6.07, 6.45) is 0. The first-order valence-electron chi connectivity index (χ1n) is 7.03. The number of rotatable bonds is 5. The minimum atomic E-state index is -0.200. The molecule has 0 atom stereocenters. The van der Waals surface area contributed by atoms with E-state index in [-0.39, 0.29) is 11.5 Å². The van der Waals surface area contributed by atoms with Gasteiger partial charge in [-0.05, 0) is 32.9 Å². The molecule has 1 amide bonds. The van der Waals surface area contributed by atoms with Gasteiger partial charge in [-0.1, -0.05) is 0 Å². The van der Waals surface area contributed by atoms with Crippen molar-refractivity contribution in [2.45, 2.75) is 27.3 Å². The maximum Gasteiger partial charge on any atom is 0.254 e. The van der Waals surface area contributed by atoms with E-state index in [2.05, 4.69) is 5.32 Å². The number of carbonyl (C=O) groups excluding carboxylic acids is 1. The van der Waals surface area contributed by atoms with Crippen LogP contribution in [0.15, 0.2) is 27.4 Å². The number of aromatic nitrogens is 1. The summed E-state index contributed by atoms with van der Waals surface area (Å²) in [7, 11) is 1.52. The topological polar surface area (TPSA) is 73.5 Å². The van der Waals surface area contributed by atoms with Crippen LogP contribution in [0.2, 0.25) is 0 Å². The van der Waals surface area contributed by atoms with Gasteiger partial charge in [0.1, 0.15) is 17.3 Å². The Morgan fingerprint density at radius 1 is 1.27 bits per heavy atom. The second kappa shape index (κ2) is 6.51. The number of pyridine rings is 1. The van der Waals surface area contributed by atoms with Crippen LogP contribution in [0.4, 0.5) is 0 Å². The lowest BCUT2D eigenvalue weighted by atomic mass is 10.2. The van der Waals surface area contributed by atoms with E-state index >= 15 is 0 Å². The second-order valence-corrected chi connectivity index (χ2v) is 5.11. The van der Waals surface area contributed by atoms with E-state index in [9.17, 15) is 9.59 Å². The molecule has 0 saturated carbocycles. The zero-order chi connectivity index (χ0) is 16.3. The fourth-order valence-electron chi connectivity index (χ4n) is 2.34. The molecule has 22 heavy (non-hydrogen) atoms. The molecule has 6 nitrogen and oxygen atoms in total. The van der Waals surface area contributed by atoms with Crippen molar-refractivity contribution in [3.63, 3.8) is 0 Å². The van der Waals surface area contributed by atoms with Crippen molar-refractivity contribution in [1.29, 1.82) is 0 Å². The summed E-state index contributed by atoms with van der Waals surface area (Å²) in [5.74, 6) is 1.62. The fourth-order valence-corrected chi connectivity index (χ4v) is 2.34. The van der Waals surface area contributed by atoms with E-state index in [0.717, 1.165) is 5.69 Å². The van der Waals surface area contributed by atoms with Gasteiger partial charge in [-0.2, -0.15) is 0 Å². The van der Waals surface area contributed by atoms with Crippen LogP contribution >= 0.6 is 0 Å². The summed E-state index contributed by atoms with van der Waals surface area (Å²) in [5, 5.41) is 2.79. The minimum Gasteiger partial charge on any atom is -0.496 e. The minimum absolute atomic E-state index is 0.151. The quantitative estimate of drug-likeness (QED) is 0.914. The van der Waals surface area contributed by atoms with Crippen LogP contribution in [-0.4, -0.2) is 24.1 Å². The SMILES string of the molecule is COc1cc(C)n(CCNC(=O)c2cc(C)oc2C)c(=O)c1. The zero-order valence-electron chi connectivity index (χ0n) is 13.2. The summed E-state index contributed by atoms with van der Waals surface area (Å²) in [6.45, 7) is 6.13. The number of ether oxygens (including phenoxy) is 1. The average molecular weight is 304 g/mol. The molecule has 2 rings (SSSR count). The molecule has 0 fully saturated rings. The van der Waals surface area contributed by atoms with Crippen molar-refractivity contribution in [2.24, 2.45) is 0 Å². The number of nitrogens with zero attached hydrogens (tertiary/aromatic N) is 1. The molecule has 0 aromatic carbocycles. The van der Waals surface area contributed by atoms with Crippen LogP contribution in [0.3, 0.4) is 0 Å². The highest BCUT2D eigenvalue weighted by Gasteiger charge is 2.13.